The summed E-state index contributed by atoms with van der Waals surface area (Å²) in [5, 5.41) is 10.4. The number of hydrogen-bond donors (Lipinski definition) is 1. The van der Waals surface area contributed by atoms with Crippen molar-refractivity contribution < 1.29 is 19.1 Å². The Morgan fingerprint density at radius 1 is 1.27 bits per heavy atom. The molecule has 3 aliphatic rings. The molecule has 0 saturated carbocycles. The molecule has 1 aliphatic carbocycles. The normalized spacial score (nSPS) is 21.3. The van der Waals surface area contributed by atoms with Crippen LogP contribution in [0.3, 0.4) is 0 Å². The maximum atomic E-state index is 14.1. The molecule has 2 heterocycles. The van der Waals surface area contributed by atoms with Gasteiger partial charge >= 0.3 is 0 Å². The van der Waals surface area contributed by atoms with Crippen LogP contribution in [-0.4, -0.2) is 72.4 Å². The fourth-order valence-electron chi connectivity index (χ4n) is 5.50. The van der Waals surface area contributed by atoms with Crippen molar-refractivity contribution in [3.8, 4) is 5.75 Å². The van der Waals surface area contributed by atoms with E-state index in [1.54, 1.807) is 49.2 Å². The highest BCUT2D eigenvalue weighted by atomic mass is 35.5. The third-order valence-corrected chi connectivity index (χ3v) is 7.69. The number of fused-ring (bicyclic) bond motifs is 1. The number of nitrogens with zero attached hydrogens (tertiary/aromatic N) is 3. The Labute approximate surface area is 199 Å². The van der Waals surface area contributed by atoms with Gasteiger partial charge in [0.1, 0.15) is 11.6 Å². The minimum Gasteiger partial charge on any atom is -0.508 e. The average Bonchev–Trinajstić information content (AvgIpc) is 2.98. The number of amides is 2. The van der Waals surface area contributed by atoms with E-state index >= 15 is 0 Å². The molecule has 1 unspecified atom stereocenters. The predicted molar refractivity (Wildman–Crippen MR) is 125 cm³/mol. The number of halogens is 2. The molecule has 1 aromatic carbocycles. The molecule has 0 bridgehead atoms. The molecule has 1 spiro atoms. The Hall–Kier alpha value is -2.38. The number of phenolic OH excluding ortho intramolecular Hbond substituents is 1. The number of aromatic hydroxyl groups is 1. The zero-order valence-corrected chi connectivity index (χ0v) is 20.2. The van der Waals surface area contributed by atoms with Crippen molar-refractivity contribution in [2.24, 2.45) is 11.3 Å². The van der Waals surface area contributed by atoms with Crippen LogP contribution in [0.1, 0.15) is 31.2 Å². The molecule has 33 heavy (non-hydrogen) atoms. The fraction of sp³-hybridized carbons (Fsp3) is 0.520. The van der Waals surface area contributed by atoms with Crippen molar-refractivity contribution in [2.45, 2.75) is 32.1 Å². The molecule has 1 N–H and O–H groups in total. The van der Waals surface area contributed by atoms with Crippen LogP contribution >= 0.6 is 11.6 Å². The van der Waals surface area contributed by atoms with Crippen LogP contribution in [0, 0.1) is 11.3 Å². The molecule has 1 aromatic rings. The smallest absolute Gasteiger partial charge is 0.237 e. The first-order valence-electron chi connectivity index (χ1n) is 11.4. The summed E-state index contributed by atoms with van der Waals surface area (Å²) >= 11 is 6.32. The van der Waals surface area contributed by atoms with Crippen molar-refractivity contribution in [3.05, 3.63) is 52.0 Å². The molecule has 2 amide bonds. The Morgan fingerprint density at radius 3 is 2.64 bits per heavy atom. The van der Waals surface area contributed by atoms with Crippen molar-refractivity contribution in [1.29, 1.82) is 0 Å². The molecule has 0 radical (unpaired) electrons. The molecular formula is C25H31ClFN3O3. The summed E-state index contributed by atoms with van der Waals surface area (Å²) in [6.45, 7) is 1.83. The number of carbonyl (C=O) groups is 2. The summed E-state index contributed by atoms with van der Waals surface area (Å²) in [4.78, 5) is 31.7. The first kappa shape index (κ1) is 23.8. The van der Waals surface area contributed by atoms with Crippen LogP contribution in [-0.2, 0) is 16.0 Å². The van der Waals surface area contributed by atoms with Gasteiger partial charge in [-0.05, 0) is 74.2 Å². The summed E-state index contributed by atoms with van der Waals surface area (Å²) in [7, 11) is 5.26. The maximum Gasteiger partial charge on any atom is 0.237 e. The van der Waals surface area contributed by atoms with Gasteiger partial charge in [-0.2, -0.15) is 0 Å². The Balaban J connectivity index is 1.50. The molecule has 1 atom stereocenters. The summed E-state index contributed by atoms with van der Waals surface area (Å²) < 4.78 is 14.1. The number of benzene rings is 1. The van der Waals surface area contributed by atoms with E-state index in [1.165, 1.54) is 6.07 Å². The minimum absolute atomic E-state index is 0.00588. The second-order valence-electron chi connectivity index (χ2n) is 9.61. The van der Waals surface area contributed by atoms with E-state index in [0.29, 0.717) is 56.8 Å². The zero-order chi connectivity index (χ0) is 23.9. The predicted octanol–water partition coefficient (Wildman–Crippen LogP) is 3.75. The molecule has 4 rings (SSSR count). The van der Waals surface area contributed by atoms with E-state index in [9.17, 15) is 19.1 Å². The highest BCUT2D eigenvalue weighted by Gasteiger charge is 2.52. The lowest BCUT2D eigenvalue weighted by molar-refractivity contribution is -0.138. The van der Waals surface area contributed by atoms with Gasteiger partial charge in [0.25, 0.3) is 0 Å². The number of piperidine rings is 1. The molecule has 2 aliphatic heterocycles. The van der Waals surface area contributed by atoms with Crippen LogP contribution in [0.5, 0.6) is 5.75 Å². The van der Waals surface area contributed by atoms with Crippen LogP contribution in [0.15, 0.2) is 41.4 Å². The van der Waals surface area contributed by atoms with Crippen LogP contribution < -0.4 is 0 Å². The molecule has 1 saturated heterocycles. The Kier molecular flexibility index (Phi) is 6.56. The highest BCUT2D eigenvalue weighted by molar-refractivity contribution is 6.31. The quantitative estimate of drug-likeness (QED) is 0.704. The van der Waals surface area contributed by atoms with Crippen molar-refractivity contribution in [1.82, 2.24) is 14.7 Å². The molecule has 8 heteroatoms. The topological polar surface area (TPSA) is 64.1 Å². The van der Waals surface area contributed by atoms with Gasteiger partial charge in [0.15, 0.2) is 0 Å². The summed E-state index contributed by atoms with van der Waals surface area (Å²) in [5.41, 5.74) is 1.88. The van der Waals surface area contributed by atoms with Gasteiger partial charge in [-0.1, -0.05) is 11.6 Å². The molecule has 178 valence electrons. The second-order valence-corrected chi connectivity index (χ2v) is 10.0. The third-order valence-electron chi connectivity index (χ3n) is 7.32. The standard InChI is InChI=1S/C25H31ClFN3O3/c1-28(2)23(32)17(12-16-13-19(31)5-6-21(16)26)15-30-10-8-25(9-11-30)20-14-18(27)4-7-22(20)29(3)24(25)33/h5-6,13-14,17,31H,4,7-12,15H2,1-3H3. The van der Waals surface area contributed by atoms with Gasteiger partial charge in [-0.3, -0.25) is 9.59 Å². The maximum absolute atomic E-state index is 14.1. The lowest BCUT2D eigenvalue weighted by Crippen LogP contribution is -2.48. The van der Waals surface area contributed by atoms with E-state index < -0.39 is 5.41 Å². The third kappa shape index (κ3) is 4.41. The lowest BCUT2D eigenvalue weighted by Gasteiger charge is -2.40. The van der Waals surface area contributed by atoms with E-state index in [1.807, 2.05) is 0 Å². The minimum atomic E-state index is -0.659. The number of allylic oxidation sites excluding steroid dienone is 3. The number of phenols is 1. The second kappa shape index (κ2) is 9.11. The van der Waals surface area contributed by atoms with Gasteiger partial charge in [0.2, 0.25) is 11.8 Å². The number of hydrogen-bond acceptors (Lipinski definition) is 4. The largest absolute Gasteiger partial charge is 0.508 e. The highest BCUT2D eigenvalue weighted by Crippen LogP contribution is 2.51. The first-order chi connectivity index (χ1) is 15.6. The van der Waals surface area contributed by atoms with Gasteiger partial charge in [0, 0.05) is 44.8 Å². The number of rotatable bonds is 5. The van der Waals surface area contributed by atoms with E-state index in [2.05, 4.69) is 4.90 Å². The zero-order valence-electron chi connectivity index (χ0n) is 19.4. The lowest BCUT2D eigenvalue weighted by atomic mass is 9.71. The summed E-state index contributed by atoms with van der Waals surface area (Å²) in [5.74, 6) is -0.319. The Bertz CT molecular complexity index is 1030. The van der Waals surface area contributed by atoms with Crippen molar-refractivity contribution in [3.63, 3.8) is 0 Å². The van der Waals surface area contributed by atoms with Gasteiger partial charge < -0.3 is 19.8 Å². The molecule has 1 fully saturated rings. The van der Waals surface area contributed by atoms with Crippen LogP contribution in [0.2, 0.25) is 5.02 Å². The van der Waals surface area contributed by atoms with E-state index in [4.69, 9.17) is 11.6 Å². The molecular weight excluding hydrogens is 445 g/mol. The van der Waals surface area contributed by atoms with Crippen LogP contribution in [0.25, 0.3) is 0 Å². The van der Waals surface area contributed by atoms with Gasteiger partial charge in [-0.15, -0.1) is 0 Å². The van der Waals surface area contributed by atoms with Gasteiger partial charge in [0.05, 0.1) is 11.3 Å². The number of likely N-dealkylation sites (tertiary alicyclic amines) is 1. The summed E-state index contributed by atoms with van der Waals surface area (Å²) in [6, 6.07) is 4.77. The molecule has 0 aromatic heterocycles. The van der Waals surface area contributed by atoms with Crippen molar-refractivity contribution >= 4 is 23.4 Å². The average molecular weight is 476 g/mol. The first-order valence-corrected chi connectivity index (χ1v) is 11.8. The fourth-order valence-corrected chi connectivity index (χ4v) is 5.69. The monoisotopic (exact) mass is 475 g/mol. The Morgan fingerprint density at radius 2 is 1.97 bits per heavy atom. The van der Waals surface area contributed by atoms with E-state index in [0.717, 1.165) is 16.8 Å². The van der Waals surface area contributed by atoms with Gasteiger partial charge in [-0.25, -0.2) is 4.39 Å². The number of carbonyl (C=O) groups excluding carboxylic acids is 2. The summed E-state index contributed by atoms with van der Waals surface area (Å²) in [6.07, 6.45) is 4.12. The molecule has 6 nitrogen and oxygen atoms in total. The SMILES string of the molecule is CN(C)C(=O)C(Cc1cc(O)ccc1Cl)CN1CCC2(CC1)C(=O)N(C)C1=C2C=C(F)CC1. The van der Waals surface area contributed by atoms with Crippen LogP contribution in [0.4, 0.5) is 4.39 Å². The van der Waals surface area contributed by atoms with Crippen molar-refractivity contribution in [2.75, 3.05) is 40.8 Å². The van der Waals surface area contributed by atoms with E-state index in [-0.39, 0.29) is 29.3 Å².